The molecule has 1 aromatic carbocycles. The Balaban J connectivity index is 1.93. The lowest BCUT2D eigenvalue weighted by atomic mass is 9.84. The lowest BCUT2D eigenvalue weighted by Crippen LogP contribution is -2.37. The van der Waals surface area contributed by atoms with Crippen LogP contribution < -0.4 is 8.92 Å². The third-order valence-corrected chi connectivity index (χ3v) is 9.27. The van der Waals surface area contributed by atoms with Gasteiger partial charge in [-0.25, -0.2) is 0 Å². The van der Waals surface area contributed by atoms with E-state index in [4.69, 9.17) is 4.74 Å². The van der Waals surface area contributed by atoms with Gasteiger partial charge < -0.3 is 8.92 Å². The summed E-state index contributed by atoms with van der Waals surface area (Å²) in [5.74, 6) is 2.67. The summed E-state index contributed by atoms with van der Waals surface area (Å²) in [7, 11) is -5.74. The Labute approximate surface area is 229 Å². The Morgan fingerprint density at radius 3 is 1.92 bits per heavy atom. The maximum atomic E-state index is 12.9. The number of fused-ring (bicyclic) bond motifs is 1. The van der Waals surface area contributed by atoms with E-state index in [0.29, 0.717) is 34.8 Å². The highest BCUT2D eigenvalue weighted by Gasteiger charge is 2.49. The van der Waals surface area contributed by atoms with Crippen molar-refractivity contribution in [1.82, 2.24) is 0 Å². The number of hydrogen-bond donors (Lipinski definition) is 0. The minimum atomic E-state index is -5.74. The molecule has 8 heteroatoms. The van der Waals surface area contributed by atoms with E-state index >= 15 is 0 Å². The Hall–Kier alpha value is -1.44. The van der Waals surface area contributed by atoms with Crippen LogP contribution in [0.15, 0.2) is 0 Å². The first-order valence-electron chi connectivity index (χ1n) is 14.3. The predicted octanol–water partition coefficient (Wildman–Crippen LogP) is 9.36. The SMILES string of the molecule is Cc1c(C)c2c(c(C)c1OS(=O)(=O)C(F)(F)F)CC[C@@](C)(CCC[C@H](C)CCC[C@H](C)CCCC(C)C)O2. The Morgan fingerprint density at radius 1 is 0.868 bits per heavy atom. The molecule has 0 aromatic heterocycles. The highest BCUT2D eigenvalue weighted by Crippen LogP contribution is 2.46. The van der Waals surface area contributed by atoms with Gasteiger partial charge in [-0.3, -0.25) is 0 Å². The van der Waals surface area contributed by atoms with Crippen LogP contribution in [0.2, 0.25) is 0 Å². The summed E-state index contributed by atoms with van der Waals surface area (Å²) < 4.78 is 73.2. The minimum absolute atomic E-state index is 0.242. The normalized spacial score (nSPS) is 19.7. The fourth-order valence-electron chi connectivity index (χ4n) is 5.54. The van der Waals surface area contributed by atoms with E-state index in [2.05, 4.69) is 38.8 Å². The molecule has 0 saturated carbocycles. The van der Waals surface area contributed by atoms with Crippen molar-refractivity contribution < 1.29 is 30.5 Å². The van der Waals surface area contributed by atoms with Gasteiger partial charge in [-0.2, -0.15) is 21.6 Å². The molecule has 3 atom stereocenters. The molecule has 4 nitrogen and oxygen atoms in total. The maximum absolute atomic E-state index is 12.9. The number of benzene rings is 1. The fraction of sp³-hybridized carbons (Fsp3) is 0.800. The van der Waals surface area contributed by atoms with Crippen molar-refractivity contribution in [1.29, 1.82) is 0 Å². The monoisotopic (exact) mass is 562 g/mol. The first kappa shape index (κ1) is 32.8. The zero-order valence-corrected chi connectivity index (χ0v) is 25.5. The van der Waals surface area contributed by atoms with Crippen molar-refractivity contribution in [2.24, 2.45) is 17.8 Å². The molecule has 0 aliphatic carbocycles. The zero-order chi connectivity index (χ0) is 28.9. The number of halogens is 3. The molecule has 1 aromatic rings. The van der Waals surface area contributed by atoms with Gasteiger partial charge in [0.05, 0.1) is 0 Å². The summed E-state index contributed by atoms with van der Waals surface area (Å²) in [6, 6.07) is 0. The molecular formula is C30H49F3O4S. The Bertz CT molecular complexity index is 1030. The van der Waals surface area contributed by atoms with Gasteiger partial charge in [-0.05, 0) is 87.8 Å². The average molecular weight is 563 g/mol. The average Bonchev–Trinajstić information content (AvgIpc) is 2.79. The molecule has 0 saturated heterocycles. The second kappa shape index (κ2) is 13.3. The molecule has 0 bridgehead atoms. The first-order chi connectivity index (χ1) is 17.5. The Kier molecular flexibility index (Phi) is 11.4. The van der Waals surface area contributed by atoms with Crippen molar-refractivity contribution >= 4 is 10.1 Å². The van der Waals surface area contributed by atoms with Crippen molar-refractivity contribution in [2.75, 3.05) is 0 Å². The minimum Gasteiger partial charge on any atom is -0.487 e. The largest absolute Gasteiger partial charge is 0.534 e. The van der Waals surface area contributed by atoms with Gasteiger partial charge in [0.25, 0.3) is 0 Å². The van der Waals surface area contributed by atoms with E-state index in [-0.39, 0.29) is 11.4 Å². The molecule has 0 fully saturated rings. The van der Waals surface area contributed by atoms with Gasteiger partial charge in [0.1, 0.15) is 17.1 Å². The molecule has 0 unspecified atom stereocenters. The van der Waals surface area contributed by atoms with Gasteiger partial charge in [0, 0.05) is 5.56 Å². The Morgan fingerprint density at radius 2 is 1.39 bits per heavy atom. The van der Waals surface area contributed by atoms with Crippen LogP contribution >= 0.6 is 0 Å². The van der Waals surface area contributed by atoms with Crippen LogP contribution in [0, 0.1) is 38.5 Å². The highest BCUT2D eigenvalue weighted by atomic mass is 32.2. The number of alkyl halides is 3. The van der Waals surface area contributed by atoms with Gasteiger partial charge in [-0.15, -0.1) is 0 Å². The molecule has 0 radical (unpaired) electrons. The van der Waals surface area contributed by atoms with E-state index in [9.17, 15) is 21.6 Å². The summed E-state index contributed by atoms with van der Waals surface area (Å²) in [4.78, 5) is 0. The molecule has 1 aliphatic rings. The van der Waals surface area contributed by atoms with Crippen molar-refractivity contribution in [3.05, 3.63) is 22.3 Å². The van der Waals surface area contributed by atoms with E-state index in [1.165, 1.54) is 38.5 Å². The van der Waals surface area contributed by atoms with Crippen molar-refractivity contribution in [3.8, 4) is 11.5 Å². The molecule has 2 rings (SSSR count). The van der Waals surface area contributed by atoms with E-state index in [1.54, 1.807) is 20.8 Å². The van der Waals surface area contributed by atoms with Gasteiger partial charge >= 0.3 is 15.6 Å². The third kappa shape index (κ3) is 8.79. The molecule has 0 N–H and O–H groups in total. The maximum Gasteiger partial charge on any atom is 0.534 e. The second-order valence-electron chi connectivity index (χ2n) is 12.4. The van der Waals surface area contributed by atoms with E-state index in [0.717, 1.165) is 43.1 Å². The van der Waals surface area contributed by atoms with Gasteiger partial charge in [0.15, 0.2) is 0 Å². The second-order valence-corrected chi connectivity index (χ2v) is 13.9. The number of rotatable bonds is 14. The molecular weight excluding hydrogens is 513 g/mol. The van der Waals surface area contributed by atoms with Gasteiger partial charge in [0.2, 0.25) is 0 Å². The molecule has 0 spiro atoms. The number of hydrogen-bond acceptors (Lipinski definition) is 4. The standard InChI is InChI=1S/C30H49F3O4S/c1-20(2)12-9-13-21(3)14-10-15-22(4)16-11-18-29(8)19-17-26-25(7)27(23(5)24(6)28(26)36-29)37-38(34,35)30(31,32)33/h20-22H,9-19H2,1-8H3/t21-,22-,29-/m1/s1. The smallest absolute Gasteiger partial charge is 0.487 e. The summed E-state index contributed by atoms with van der Waals surface area (Å²) in [5.41, 5.74) is -3.74. The van der Waals surface area contributed by atoms with Crippen molar-refractivity contribution in [3.63, 3.8) is 0 Å². The fourth-order valence-corrected chi connectivity index (χ4v) is 6.11. The number of ether oxygens (including phenoxy) is 1. The molecule has 1 heterocycles. The topological polar surface area (TPSA) is 52.6 Å². The first-order valence-corrected chi connectivity index (χ1v) is 15.7. The summed E-state index contributed by atoms with van der Waals surface area (Å²) in [6.07, 6.45) is 12.2. The van der Waals surface area contributed by atoms with Crippen LogP contribution in [0.1, 0.15) is 121 Å². The summed E-state index contributed by atoms with van der Waals surface area (Å²) >= 11 is 0. The molecule has 38 heavy (non-hydrogen) atoms. The molecule has 0 amide bonds. The third-order valence-electron chi connectivity index (χ3n) is 8.31. The van der Waals surface area contributed by atoms with Crippen LogP contribution in [0.3, 0.4) is 0 Å². The summed E-state index contributed by atoms with van der Waals surface area (Å²) in [6.45, 7) is 16.3. The van der Waals surface area contributed by atoms with Crippen LogP contribution in [-0.2, 0) is 16.5 Å². The quantitative estimate of drug-likeness (QED) is 0.167. The van der Waals surface area contributed by atoms with Crippen LogP contribution in [0.5, 0.6) is 11.5 Å². The molecule has 1 aliphatic heterocycles. The lowest BCUT2D eigenvalue weighted by Gasteiger charge is -2.38. The zero-order valence-electron chi connectivity index (χ0n) is 24.7. The van der Waals surface area contributed by atoms with Crippen LogP contribution in [0.4, 0.5) is 13.2 Å². The summed E-state index contributed by atoms with van der Waals surface area (Å²) in [5, 5.41) is 0. The van der Waals surface area contributed by atoms with Crippen LogP contribution in [-0.4, -0.2) is 19.5 Å². The van der Waals surface area contributed by atoms with E-state index < -0.39 is 15.6 Å². The lowest BCUT2D eigenvalue weighted by molar-refractivity contribution is -0.0500. The van der Waals surface area contributed by atoms with E-state index in [1.807, 2.05) is 0 Å². The predicted molar refractivity (Wildman–Crippen MR) is 148 cm³/mol. The van der Waals surface area contributed by atoms with Crippen LogP contribution in [0.25, 0.3) is 0 Å². The van der Waals surface area contributed by atoms with Crippen molar-refractivity contribution in [2.45, 2.75) is 137 Å². The van der Waals surface area contributed by atoms with Gasteiger partial charge in [-0.1, -0.05) is 72.6 Å². The highest BCUT2D eigenvalue weighted by molar-refractivity contribution is 7.88. The molecule has 220 valence electrons.